The summed E-state index contributed by atoms with van der Waals surface area (Å²) in [7, 11) is 6.91. The van der Waals surface area contributed by atoms with E-state index in [4.69, 9.17) is 18.9 Å². The molecule has 5 heteroatoms. The van der Waals surface area contributed by atoms with Gasteiger partial charge in [0.15, 0.2) is 0 Å². The third-order valence-corrected chi connectivity index (χ3v) is 9.77. The highest BCUT2D eigenvalue weighted by Crippen LogP contribution is 2.54. The molecule has 2 aliphatic carbocycles. The minimum absolute atomic E-state index is 0.145. The number of hydrogen-bond acceptors (Lipinski definition) is 5. The Bertz CT molecular complexity index is 1600. The van der Waals surface area contributed by atoms with Gasteiger partial charge in [0.1, 0.15) is 23.0 Å². The summed E-state index contributed by atoms with van der Waals surface area (Å²) in [6, 6.07) is 8.32. The molecule has 0 atom stereocenters. The van der Waals surface area contributed by atoms with E-state index in [1.807, 2.05) is 12.1 Å². The third-order valence-electron chi connectivity index (χ3n) is 9.77. The van der Waals surface area contributed by atoms with Gasteiger partial charge in [-0.3, -0.25) is 0 Å². The Morgan fingerprint density at radius 2 is 1.41 bits per heavy atom. The zero-order valence-electron chi connectivity index (χ0n) is 28.3. The number of fused-ring (bicyclic) bond motifs is 2. The van der Waals surface area contributed by atoms with Gasteiger partial charge in [0.25, 0.3) is 0 Å². The van der Waals surface area contributed by atoms with Gasteiger partial charge in [-0.05, 0) is 84.2 Å². The zero-order valence-corrected chi connectivity index (χ0v) is 28.3. The third kappa shape index (κ3) is 5.25. The van der Waals surface area contributed by atoms with Gasteiger partial charge in [-0.1, -0.05) is 58.9 Å². The van der Waals surface area contributed by atoms with Crippen molar-refractivity contribution in [2.75, 3.05) is 39.9 Å². The van der Waals surface area contributed by atoms with Crippen LogP contribution in [0.1, 0.15) is 83.9 Å². The van der Waals surface area contributed by atoms with Gasteiger partial charge in [-0.25, -0.2) is 0 Å². The molecule has 0 radical (unpaired) electrons. The van der Waals surface area contributed by atoms with Crippen LogP contribution >= 0.6 is 0 Å². The van der Waals surface area contributed by atoms with Crippen LogP contribution in [-0.4, -0.2) is 35.0 Å². The second-order valence-corrected chi connectivity index (χ2v) is 12.9. The van der Waals surface area contributed by atoms with E-state index in [-0.39, 0.29) is 10.8 Å². The highest BCUT2D eigenvalue weighted by atomic mass is 16.5. The number of benzene rings is 2. The molecule has 0 fully saturated rings. The highest BCUT2D eigenvalue weighted by Gasteiger charge is 2.42. The molecular weight excluding hydrogens is 546 g/mol. The number of ether oxygens (including phenoxy) is 4. The predicted octanol–water partition coefficient (Wildman–Crippen LogP) is 9.47. The summed E-state index contributed by atoms with van der Waals surface area (Å²) in [6.45, 7) is 14.5. The minimum Gasteiger partial charge on any atom is -0.497 e. The molecule has 0 spiro atoms. The Morgan fingerprint density at radius 1 is 0.750 bits per heavy atom. The topological polar surface area (TPSA) is 40.2 Å². The van der Waals surface area contributed by atoms with Crippen molar-refractivity contribution in [3.8, 4) is 23.0 Å². The largest absolute Gasteiger partial charge is 0.497 e. The molecule has 2 aromatic carbocycles. The Kier molecular flexibility index (Phi) is 8.80. The van der Waals surface area contributed by atoms with Crippen LogP contribution < -0.4 is 23.8 Å². The summed E-state index contributed by atoms with van der Waals surface area (Å²) in [5.41, 5.74) is 11.3. The molecule has 0 saturated heterocycles. The number of anilines is 1. The fraction of sp³-hybridized carbons (Fsp3) is 0.436. The Labute approximate surface area is 264 Å². The SMILES string of the molecule is CCC1=C(/C=C/C2=CC(=C/C=C3\N(CC)c4c(OC)cc(OC)cc4C3(C)C)CCC2)C(C)(C)c2cc(OC)cc(OC)c21. The van der Waals surface area contributed by atoms with E-state index in [0.29, 0.717) is 0 Å². The molecular formula is C39H49NO4. The molecule has 5 rings (SSSR count). The van der Waals surface area contributed by atoms with E-state index < -0.39 is 0 Å². The molecule has 0 bridgehead atoms. The summed E-state index contributed by atoms with van der Waals surface area (Å²) < 4.78 is 22.9. The fourth-order valence-electron chi connectivity index (χ4n) is 7.36. The van der Waals surface area contributed by atoms with Gasteiger partial charge in [0.05, 0.1) is 34.1 Å². The van der Waals surface area contributed by atoms with Crippen molar-refractivity contribution in [2.45, 2.75) is 78.1 Å². The number of methoxy groups -OCH3 is 4. The average molecular weight is 596 g/mol. The highest BCUT2D eigenvalue weighted by molar-refractivity contribution is 5.86. The van der Waals surface area contributed by atoms with Gasteiger partial charge in [0.2, 0.25) is 0 Å². The smallest absolute Gasteiger partial charge is 0.146 e. The second-order valence-electron chi connectivity index (χ2n) is 12.9. The number of rotatable bonds is 9. The average Bonchev–Trinajstić information content (AvgIpc) is 3.39. The van der Waals surface area contributed by atoms with Crippen molar-refractivity contribution in [2.24, 2.45) is 0 Å². The maximum Gasteiger partial charge on any atom is 0.146 e. The first kappa shape index (κ1) is 31.6. The van der Waals surface area contributed by atoms with Gasteiger partial charge < -0.3 is 23.8 Å². The maximum absolute atomic E-state index is 5.85. The van der Waals surface area contributed by atoms with Crippen molar-refractivity contribution in [1.29, 1.82) is 0 Å². The minimum atomic E-state index is -0.179. The summed E-state index contributed by atoms with van der Waals surface area (Å²) in [6.07, 6.45) is 16.0. The monoisotopic (exact) mass is 595 g/mol. The van der Waals surface area contributed by atoms with E-state index >= 15 is 0 Å². The first-order chi connectivity index (χ1) is 21.0. The number of hydrogen-bond donors (Lipinski definition) is 0. The lowest BCUT2D eigenvalue weighted by molar-refractivity contribution is 0.391. The summed E-state index contributed by atoms with van der Waals surface area (Å²) in [5.74, 6) is 3.39. The molecule has 5 nitrogen and oxygen atoms in total. The lowest BCUT2D eigenvalue weighted by atomic mass is 9.80. The van der Waals surface area contributed by atoms with Crippen molar-refractivity contribution in [3.63, 3.8) is 0 Å². The van der Waals surface area contributed by atoms with Crippen LogP contribution in [0.5, 0.6) is 23.0 Å². The lowest BCUT2D eigenvalue weighted by Crippen LogP contribution is -2.25. The van der Waals surface area contributed by atoms with Crippen LogP contribution in [0.25, 0.3) is 5.57 Å². The Hall–Kier alpha value is -3.86. The van der Waals surface area contributed by atoms with E-state index in [2.05, 4.69) is 89.0 Å². The lowest BCUT2D eigenvalue weighted by Gasteiger charge is -2.26. The molecule has 2 aromatic rings. The number of likely N-dealkylation sites (N-methyl/N-ethyl adjacent to an activating group) is 1. The number of nitrogens with zero attached hydrogens (tertiary/aromatic N) is 1. The maximum atomic E-state index is 5.85. The molecule has 234 valence electrons. The molecule has 0 N–H and O–H groups in total. The van der Waals surface area contributed by atoms with E-state index in [0.717, 1.165) is 60.9 Å². The molecule has 0 amide bonds. The molecule has 0 aromatic heterocycles. The van der Waals surface area contributed by atoms with Gasteiger partial charge in [-0.15, -0.1) is 0 Å². The van der Waals surface area contributed by atoms with Crippen LogP contribution in [0.4, 0.5) is 5.69 Å². The van der Waals surface area contributed by atoms with E-state index in [1.165, 1.54) is 44.7 Å². The normalized spacial score (nSPS) is 20.3. The van der Waals surface area contributed by atoms with Gasteiger partial charge in [0, 0.05) is 40.8 Å². The van der Waals surface area contributed by atoms with Crippen molar-refractivity contribution >= 4 is 11.3 Å². The first-order valence-corrected chi connectivity index (χ1v) is 15.9. The summed E-state index contributed by atoms with van der Waals surface area (Å²) >= 11 is 0. The molecule has 3 aliphatic rings. The predicted molar refractivity (Wildman–Crippen MR) is 183 cm³/mol. The summed E-state index contributed by atoms with van der Waals surface area (Å²) in [4.78, 5) is 2.39. The molecule has 1 aliphatic heterocycles. The van der Waals surface area contributed by atoms with E-state index in [1.54, 1.807) is 28.4 Å². The standard InChI is InChI=1S/C39H49NO4/c1-11-29-30(38(3,4)31-21-27(41-7)23-33(43-9)36(29)31)18-16-25-14-13-15-26(20-25)17-19-35-39(5,6)32-22-28(42-8)24-34(44-10)37(32)40(35)12-2/h16-24H,11-15H2,1-10H3/b18-16+,26-17?,35-19-. The quantitative estimate of drug-likeness (QED) is 0.289. The summed E-state index contributed by atoms with van der Waals surface area (Å²) in [5, 5.41) is 0. The molecule has 0 unspecified atom stereocenters. The number of allylic oxidation sites excluding steroid dienone is 10. The van der Waals surface area contributed by atoms with Crippen LogP contribution in [0.15, 0.2) is 77.1 Å². The fourth-order valence-corrected chi connectivity index (χ4v) is 7.36. The van der Waals surface area contributed by atoms with Crippen molar-refractivity contribution < 1.29 is 18.9 Å². The van der Waals surface area contributed by atoms with Gasteiger partial charge >= 0.3 is 0 Å². The van der Waals surface area contributed by atoms with Gasteiger partial charge in [-0.2, -0.15) is 0 Å². The molecule has 1 heterocycles. The van der Waals surface area contributed by atoms with Crippen LogP contribution in [0, 0.1) is 0 Å². The Balaban J connectivity index is 1.48. The van der Waals surface area contributed by atoms with Crippen molar-refractivity contribution in [1.82, 2.24) is 0 Å². The van der Waals surface area contributed by atoms with Crippen LogP contribution in [-0.2, 0) is 10.8 Å². The van der Waals surface area contributed by atoms with Crippen LogP contribution in [0.2, 0.25) is 0 Å². The Morgan fingerprint density at radius 3 is 2.02 bits per heavy atom. The van der Waals surface area contributed by atoms with E-state index in [9.17, 15) is 0 Å². The molecule has 0 saturated carbocycles. The second kappa shape index (κ2) is 12.3. The van der Waals surface area contributed by atoms with Crippen molar-refractivity contribution in [3.05, 3.63) is 93.8 Å². The zero-order chi connectivity index (χ0) is 31.8. The first-order valence-electron chi connectivity index (χ1n) is 15.9. The molecule has 44 heavy (non-hydrogen) atoms. The van der Waals surface area contributed by atoms with Crippen LogP contribution in [0.3, 0.4) is 0 Å².